The maximum absolute atomic E-state index is 12.8. The second kappa shape index (κ2) is 7.94. The summed E-state index contributed by atoms with van der Waals surface area (Å²) < 4.78 is 0. The fraction of sp³-hybridized carbons (Fsp3) is 0.227. The van der Waals surface area contributed by atoms with Gasteiger partial charge in [0, 0.05) is 40.9 Å². The molecule has 0 spiro atoms. The molecule has 28 heavy (non-hydrogen) atoms. The van der Waals surface area contributed by atoms with Crippen molar-refractivity contribution in [3.63, 3.8) is 0 Å². The van der Waals surface area contributed by atoms with Crippen molar-refractivity contribution >= 4 is 39.8 Å². The fourth-order valence-electron chi connectivity index (χ4n) is 3.55. The van der Waals surface area contributed by atoms with E-state index in [4.69, 9.17) is 0 Å². The fourth-order valence-corrected chi connectivity index (χ4v) is 4.26. The van der Waals surface area contributed by atoms with E-state index in [2.05, 4.69) is 5.32 Å². The number of nitrogens with one attached hydrogen (secondary N) is 1. The van der Waals surface area contributed by atoms with Gasteiger partial charge in [-0.05, 0) is 41.8 Å². The molecular weight excluding hydrogens is 372 g/mol. The number of thiophene rings is 1. The molecule has 6 heteroatoms. The Hall–Kier alpha value is -2.99. The van der Waals surface area contributed by atoms with Crippen LogP contribution in [-0.2, 0) is 11.2 Å². The van der Waals surface area contributed by atoms with Crippen LogP contribution in [0.25, 0.3) is 10.8 Å². The van der Waals surface area contributed by atoms with E-state index in [1.54, 1.807) is 23.5 Å². The van der Waals surface area contributed by atoms with Crippen LogP contribution in [-0.4, -0.2) is 35.7 Å². The Labute approximate surface area is 167 Å². The lowest BCUT2D eigenvalue weighted by atomic mass is 9.94. The van der Waals surface area contributed by atoms with E-state index in [1.165, 1.54) is 9.78 Å². The molecule has 0 aliphatic carbocycles. The highest BCUT2D eigenvalue weighted by molar-refractivity contribution is 7.09. The van der Waals surface area contributed by atoms with Crippen molar-refractivity contribution < 1.29 is 14.4 Å². The molecule has 2 aromatic carbocycles. The molecule has 0 saturated carbocycles. The average molecular weight is 392 g/mol. The third-order valence-electron chi connectivity index (χ3n) is 4.92. The predicted molar refractivity (Wildman–Crippen MR) is 110 cm³/mol. The third kappa shape index (κ3) is 3.55. The Morgan fingerprint density at radius 1 is 0.964 bits per heavy atom. The van der Waals surface area contributed by atoms with Crippen LogP contribution in [0.4, 0.5) is 0 Å². The van der Waals surface area contributed by atoms with E-state index < -0.39 is 0 Å². The maximum atomic E-state index is 12.8. The van der Waals surface area contributed by atoms with Gasteiger partial charge in [-0.3, -0.25) is 19.3 Å². The summed E-state index contributed by atoms with van der Waals surface area (Å²) in [4.78, 5) is 40.1. The van der Waals surface area contributed by atoms with Gasteiger partial charge in [-0.1, -0.05) is 30.3 Å². The van der Waals surface area contributed by atoms with Gasteiger partial charge in [0.1, 0.15) is 0 Å². The van der Waals surface area contributed by atoms with Gasteiger partial charge in [-0.15, -0.1) is 11.3 Å². The summed E-state index contributed by atoms with van der Waals surface area (Å²) in [5, 5.41) is 6.52. The second-order valence-corrected chi connectivity index (χ2v) is 7.79. The molecule has 0 radical (unpaired) electrons. The van der Waals surface area contributed by atoms with Crippen molar-refractivity contribution in [3.05, 3.63) is 69.9 Å². The number of hydrogen-bond donors (Lipinski definition) is 1. The number of imide groups is 1. The molecule has 3 aromatic rings. The molecule has 4 rings (SSSR count). The summed E-state index contributed by atoms with van der Waals surface area (Å²) in [7, 11) is 0. The Morgan fingerprint density at radius 2 is 1.68 bits per heavy atom. The van der Waals surface area contributed by atoms with Crippen LogP contribution in [0.15, 0.2) is 53.9 Å². The minimum Gasteiger partial charge on any atom is -0.356 e. The first kappa shape index (κ1) is 18.4. The molecule has 0 bridgehead atoms. The molecule has 5 nitrogen and oxygen atoms in total. The molecule has 142 valence electrons. The predicted octanol–water partition coefficient (Wildman–Crippen LogP) is 3.64. The number of nitrogens with zero attached hydrogens (tertiary/aromatic N) is 1. The van der Waals surface area contributed by atoms with E-state index >= 15 is 0 Å². The Balaban J connectivity index is 1.35. The van der Waals surface area contributed by atoms with Gasteiger partial charge >= 0.3 is 0 Å². The van der Waals surface area contributed by atoms with E-state index in [-0.39, 0.29) is 30.7 Å². The van der Waals surface area contributed by atoms with Crippen molar-refractivity contribution in [2.24, 2.45) is 0 Å². The quantitative estimate of drug-likeness (QED) is 0.625. The largest absolute Gasteiger partial charge is 0.356 e. The molecule has 2 heterocycles. The van der Waals surface area contributed by atoms with Crippen molar-refractivity contribution in [1.29, 1.82) is 0 Å². The van der Waals surface area contributed by atoms with Gasteiger partial charge < -0.3 is 5.32 Å². The average Bonchev–Trinajstić information content (AvgIpc) is 3.22. The van der Waals surface area contributed by atoms with Crippen LogP contribution in [0.5, 0.6) is 0 Å². The van der Waals surface area contributed by atoms with Crippen LogP contribution in [0.3, 0.4) is 0 Å². The standard InChI is InChI=1S/C22H20N2O3S/c25-19(23-12-11-16-7-4-14-28-16)10-3-13-24-21(26)17-8-1-5-15-6-2-9-18(20(15)17)22(24)27/h1-2,4-9,14H,3,10-13H2,(H,23,25). The van der Waals surface area contributed by atoms with E-state index in [9.17, 15) is 14.4 Å². The summed E-state index contributed by atoms with van der Waals surface area (Å²) in [5.74, 6) is -0.629. The zero-order chi connectivity index (χ0) is 19.5. The van der Waals surface area contributed by atoms with E-state index in [0.29, 0.717) is 24.1 Å². The Bertz CT molecular complexity index is 992. The number of amides is 3. The number of carbonyl (C=O) groups excluding carboxylic acids is 3. The monoisotopic (exact) mass is 392 g/mol. The van der Waals surface area contributed by atoms with Gasteiger partial charge in [-0.25, -0.2) is 0 Å². The number of rotatable bonds is 7. The molecule has 0 unspecified atom stereocenters. The number of carbonyl (C=O) groups is 3. The topological polar surface area (TPSA) is 66.5 Å². The molecule has 0 atom stereocenters. The van der Waals surface area contributed by atoms with Crippen LogP contribution in [0.2, 0.25) is 0 Å². The van der Waals surface area contributed by atoms with Crippen LogP contribution >= 0.6 is 11.3 Å². The zero-order valence-corrected chi connectivity index (χ0v) is 16.1. The smallest absolute Gasteiger partial charge is 0.261 e. The Kier molecular flexibility index (Phi) is 5.21. The van der Waals surface area contributed by atoms with Crippen LogP contribution < -0.4 is 5.32 Å². The summed E-state index contributed by atoms with van der Waals surface area (Å²) >= 11 is 1.67. The lowest BCUT2D eigenvalue weighted by Gasteiger charge is -2.27. The van der Waals surface area contributed by atoms with E-state index in [1.807, 2.05) is 41.8 Å². The normalized spacial score (nSPS) is 13.2. The van der Waals surface area contributed by atoms with Gasteiger partial charge in [0.2, 0.25) is 5.91 Å². The van der Waals surface area contributed by atoms with Gasteiger partial charge in [-0.2, -0.15) is 0 Å². The van der Waals surface area contributed by atoms with Crippen LogP contribution in [0.1, 0.15) is 38.4 Å². The van der Waals surface area contributed by atoms with Gasteiger partial charge in [0.15, 0.2) is 0 Å². The Morgan fingerprint density at radius 3 is 2.32 bits per heavy atom. The molecule has 1 aliphatic heterocycles. The minimum absolute atomic E-state index is 0.0593. The summed E-state index contributed by atoms with van der Waals surface area (Å²) in [6.45, 7) is 0.830. The second-order valence-electron chi connectivity index (χ2n) is 6.75. The molecule has 1 N–H and O–H groups in total. The zero-order valence-electron chi connectivity index (χ0n) is 15.3. The third-order valence-corrected chi connectivity index (χ3v) is 5.85. The minimum atomic E-state index is -0.285. The highest BCUT2D eigenvalue weighted by Gasteiger charge is 2.32. The lowest BCUT2D eigenvalue weighted by molar-refractivity contribution is -0.121. The van der Waals surface area contributed by atoms with Gasteiger partial charge in [0.05, 0.1) is 0 Å². The molecule has 1 aliphatic rings. The SMILES string of the molecule is O=C(CCCN1C(=O)c2cccc3cccc(c23)C1=O)NCCc1cccs1. The summed E-state index contributed by atoms with van der Waals surface area (Å²) in [5.41, 5.74) is 1.10. The number of benzene rings is 2. The molecular formula is C22H20N2O3S. The molecule has 0 saturated heterocycles. The van der Waals surface area contributed by atoms with Crippen molar-refractivity contribution in [3.8, 4) is 0 Å². The maximum Gasteiger partial charge on any atom is 0.261 e. The highest BCUT2D eigenvalue weighted by atomic mass is 32.1. The lowest BCUT2D eigenvalue weighted by Crippen LogP contribution is -2.41. The molecule has 3 amide bonds. The van der Waals surface area contributed by atoms with Crippen molar-refractivity contribution in [1.82, 2.24) is 10.2 Å². The number of hydrogen-bond acceptors (Lipinski definition) is 4. The van der Waals surface area contributed by atoms with E-state index in [0.717, 1.165) is 17.2 Å². The first-order valence-corrected chi connectivity index (χ1v) is 10.2. The van der Waals surface area contributed by atoms with Crippen LogP contribution in [0, 0.1) is 0 Å². The first-order valence-electron chi connectivity index (χ1n) is 9.32. The van der Waals surface area contributed by atoms with Crippen molar-refractivity contribution in [2.45, 2.75) is 19.3 Å². The summed E-state index contributed by atoms with van der Waals surface area (Å²) in [6.07, 6.45) is 1.54. The highest BCUT2D eigenvalue weighted by Crippen LogP contribution is 2.30. The molecule has 1 aromatic heterocycles. The molecule has 0 fully saturated rings. The first-order chi connectivity index (χ1) is 13.6. The summed E-state index contributed by atoms with van der Waals surface area (Å²) in [6, 6.07) is 15.0. The van der Waals surface area contributed by atoms with Crippen molar-refractivity contribution in [2.75, 3.05) is 13.1 Å². The van der Waals surface area contributed by atoms with Gasteiger partial charge in [0.25, 0.3) is 11.8 Å².